The normalized spacial score (nSPS) is 16.3. The quantitative estimate of drug-likeness (QED) is 0.296. The van der Waals surface area contributed by atoms with E-state index in [4.69, 9.17) is 44.5 Å². The van der Waals surface area contributed by atoms with Gasteiger partial charge in [-0.3, -0.25) is 9.89 Å². The summed E-state index contributed by atoms with van der Waals surface area (Å²) >= 11 is 18.9. The predicted molar refractivity (Wildman–Crippen MR) is 138 cm³/mol. The molecule has 0 aliphatic carbocycles. The molecular weight excluding hydrogens is 507 g/mol. The Morgan fingerprint density at radius 3 is 2.49 bits per heavy atom. The molecule has 0 unspecified atom stereocenters. The number of fused-ring (bicyclic) bond motifs is 1. The van der Waals surface area contributed by atoms with E-state index in [1.807, 2.05) is 50.2 Å². The van der Waals surface area contributed by atoms with E-state index >= 15 is 0 Å². The summed E-state index contributed by atoms with van der Waals surface area (Å²) in [5, 5.41) is 11.3. The number of H-pyrrole nitrogens is 1. The first kappa shape index (κ1) is 23.7. The number of ether oxygens (including phenoxy) is 1. The Kier molecular flexibility index (Phi) is 6.21. The minimum Gasteiger partial charge on any atom is -0.471 e. The van der Waals surface area contributed by atoms with Crippen LogP contribution in [0.3, 0.4) is 0 Å². The highest BCUT2D eigenvalue weighted by Gasteiger charge is 2.37. The predicted octanol–water partition coefficient (Wildman–Crippen LogP) is 7.13. The van der Waals surface area contributed by atoms with Gasteiger partial charge in [-0.25, -0.2) is 4.98 Å². The van der Waals surface area contributed by atoms with Crippen LogP contribution in [0.25, 0.3) is 22.4 Å². The van der Waals surface area contributed by atoms with Gasteiger partial charge in [-0.1, -0.05) is 46.9 Å². The van der Waals surface area contributed by atoms with Crippen LogP contribution < -0.4 is 10.1 Å². The van der Waals surface area contributed by atoms with Crippen molar-refractivity contribution in [2.24, 2.45) is 0 Å². The first-order valence-electron chi connectivity index (χ1n) is 11.0. The van der Waals surface area contributed by atoms with Crippen LogP contribution in [0.2, 0.25) is 15.1 Å². The molecule has 0 radical (unpaired) electrons. The number of amides is 1. The lowest BCUT2D eigenvalue weighted by atomic mass is 9.88. The Morgan fingerprint density at radius 1 is 1.06 bits per heavy atom. The average Bonchev–Trinajstić information content (AvgIpc) is 3.34. The molecule has 1 aliphatic rings. The summed E-state index contributed by atoms with van der Waals surface area (Å²) in [5.41, 5.74) is 3.76. The maximum atomic E-state index is 12.9. The van der Waals surface area contributed by atoms with Gasteiger partial charge in [-0.15, -0.1) is 0 Å². The van der Waals surface area contributed by atoms with E-state index in [0.717, 1.165) is 22.3 Å². The largest absolute Gasteiger partial charge is 0.471 e. The molecule has 1 amide bonds. The monoisotopic (exact) mass is 526 g/mol. The van der Waals surface area contributed by atoms with Gasteiger partial charge >= 0.3 is 0 Å². The van der Waals surface area contributed by atoms with E-state index in [9.17, 15) is 4.79 Å². The molecule has 0 bridgehead atoms. The zero-order chi connectivity index (χ0) is 24.7. The Balaban J connectivity index is 1.68. The van der Waals surface area contributed by atoms with Gasteiger partial charge in [0.2, 0.25) is 5.88 Å². The third-order valence-electron chi connectivity index (χ3n) is 5.87. The van der Waals surface area contributed by atoms with Crippen LogP contribution in [0.1, 0.15) is 42.2 Å². The second-order valence-electron chi connectivity index (χ2n) is 8.99. The van der Waals surface area contributed by atoms with Gasteiger partial charge in [0.1, 0.15) is 5.60 Å². The van der Waals surface area contributed by atoms with Crippen LogP contribution >= 0.6 is 34.8 Å². The highest BCUT2D eigenvalue weighted by atomic mass is 35.5. The van der Waals surface area contributed by atoms with Gasteiger partial charge < -0.3 is 10.1 Å². The van der Waals surface area contributed by atoms with Crippen LogP contribution in [-0.4, -0.2) is 26.7 Å². The summed E-state index contributed by atoms with van der Waals surface area (Å²) in [5.74, 6) is 0.211. The molecule has 2 aromatic carbocycles. The topological polar surface area (TPSA) is 79.9 Å². The summed E-state index contributed by atoms with van der Waals surface area (Å²) in [6.07, 6.45) is 3.61. The van der Waals surface area contributed by atoms with Crippen molar-refractivity contribution in [2.75, 3.05) is 0 Å². The van der Waals surface area contributed by atoms with Crippen LogP contribution in [-0.2, 0) is 0 Å². The SMILES string of the molecule is CC1(C)C[C@@H](NC(=O)c2cn[nH]c2)c2cc(-c3ccc(Cl)cc3)c(-c3ccc(Cl)cc3Cl)nc2O1. The zero-order valence-corrected chi connectivity index (χ0v) is 21.2. The van der Waals surface area contributed by atoms with E-state index in [1.165, 1.54) is 6.20 Å². The summed E-state index contributed by atoms with van der Waals surface area (Å²) in [4.78, 5) is 17.8. The molecule has 0 spiro atoms. The number of carbonyl (C=O) groups excluding carboxylic acids is 1. The average molecular weight is 528 g/mol. The molecule has 6 nitrogen and oxygen atoms in total. The number of benzene rings is 2. The first-order chi connectivity index (χ1) is 16.7. The number of nitrogens with zero attached hydrogens (tertiary/aromatic N) is 2. The number of pyridine rings is 1. The van der Waals surface area contributed by atoms with Crippen molar-refractivity contribution in [3.63, 3.8) is 0 Å². The Morgan fingerprint density at radius 2 is 1.80 bits per heavy atom. The van der Waals surface area contributed by atoms with Crippen LogP contribution in [0.5, 0.6) is 5.88 Å². The summed E-state index contributed by atoms with van der Waals surface area (Å²) < 4.78 is 6.29. The number of aromatic amines is 1. The van der Waals surface area contributed by atoms with Crippen molar-refractivity contribution >= 4 is 40.7 Å². The van der Waals surface area contributed by atoms with E-state index in [1.54, 1.807) is 18.3 Å². The van der Waals surface area contributed by atoms with E-state index in [-0.39, 0.29) is 11.9 Å². The molecule has 9 heteroatoms. The number of hydrogen-bond acceptors (Lipinski definition) is 4. The molecule has 35 heavy (non-hydrogen) atoms. The fourth-order valence-electron chi connectivity index (χ4n) is 4.23. The third kappa shape index (κ3) is 4.87. The minimum atomic E-state index is -0.558. The molecule has 178 valence electrons. The van der Waals surface area contributed by atoms with Gasteiger partial charge in [-0.2, -0.15) is 5.10 Å². The highest BCUT2D eigenvalue weighted by Crippen LogP contribution is 2.45. The molecular formula is C26H21Cl3N4O2. The smallest absolute Gasteiger partial charge is 0.254 e. The van der Waals surface area contributed by atoms with Crippen molar-refractivity contribution in [3.05, 3.63) is 87.1 Å². The number of aromatic nitrogens is 3. The molecule has 1 aliphatic heterocycles. The standard InChI is InChI=1S/C26H21Cl3N4O2/c1-26(2)11-22(32-24(34)15-12-30-31-13-15)20-10-19(14-3-5-16(27)6-4-14)23(33-25(20)35-26)18-8-7-17(28)9-21(18)29/h3-10,12-13,22H,11H2,1-2H3,(H,30,31)(H,32,34)/t22-/m1/s1. The maximum Gasteiger partial charge on any atom is 0.254 e. The van der Waals surface area contributed by atoms with Crippen LogP contribution in [0.15, 0.2) is 60.9 Å². The summed E-state index contributed by atoms with van der Waals surface area (Å²) in [7, 11) is 0. The van der Waals surface area contributed by atoms with Crippen LogP contribution in [0, 0.1) is 0 Å². The van der Waals surface area contributed by atoms with Crippen molar-refractivity contribution in [1.29, 1.82) is 0 Å². The van der Waals surface area contributed by atoms with Crippen molar-refractivity contribution in [3.8, 4) is 28.3 Å². The molecule has 0 fully saturated rings. The highest BCUT2D eigenvalue weighted by molar-refractivity contribution is 6.36. The van der Waals surface area contributed by atoms with E-state index in [2.05, 4.69) is 15.5 Å². The molecule has 3 heterocycles. The number of carbonyl (C=O) groups is 1. The fourth-order valence-corrected chi connectivity index (χ4v) is 4.85. The second-order valence-corrected chi connectivity index (χ2v) is 10.3. The zero-order valence-electron chi connectivity index (χ0n) is 18.9. The lowest BCUT2D eigenvalue weighted by Gasteiger charge is -2.37. The number of hydrogen-bond donors (Lipinski definition) is 2. The first-order valence-corrected chi connectivity index (χ1v) is 12.1. The molecule has 0 saturated heterocycles. The third-order valence-corrected chi connectivity index (χ3v) is 6.67. The van der Waals surface area contributed by atoms with Gasteiger partial charge in [0, 0.05) is 39.4 Å². The summed E-state index contributed by atoms with van der Waals surface area (Å²) in [6, 6.07) is 14.5. The molecule has 1 atom stereocenters. The van der Waals surface area contributed by atoms with Gasteiger partial charge in [0.05, 0.1) is 28.5 Å². The van der Waals surface area contributed by atoms with Crippen molar-refractivity contribution in [2.45, 2.75) is 31.9 Å². The Labute approximate surface area is 217 Å². The summed E-state index contributed by atoms with van der Waals surface area (Å²) in [6.45, 7) is 3.94. The number of halogens is 3. The second kappa shape index (κ2) is 9.19. The van der Waals surface area contributed by atoms with Crippen molar-refractivity contribution < 1.29 is 9.53 Å². The molecule has 0 saturated carbocycles. The van der Waals surface area contributed by atoms with Gasteiger partial charge in [0.15, 0.2) is 0 Å². The van der Waals surface area contributed by atoms with Gasteiger partial charge in [0.25, 0.3) is 5.91 Å². The number of nitrogens with one attached hydrogen (secondary N) is 2. The maximum absolute atomic E-state index is 12.9. The molecule has 2 aromatic heterocycles. The fraction of sp³-hybridized carbons (Fsp3) is 0.192. The molecule has 4 aromatic rings. The molecule has 2 N–H and O–H groups in total. The Bertz CT molecular complexity index is 1400. The lowest BCUT2D eigenvalue weighted by molar-refractivity contribution is 0.0572. The lowest BCUT2D eigenvalue weighted by Crippen LogP contribution is -2.41. The molecule has 5 rings (SSSR count). The van der Waals surface area contributed by atoms with Crippen LogP contribution in [0.4, 0.5) is 0 Å². The van der Waals surface area contributed by atoms with Gasteiger partial charge in [-0.05, 0) is 55.8 Å². The Hall–Kier alpha value is -3.06. The van der Waals surface area contributed by atoms with Crippen molar-refractivity contribution in [1.82, 2.24) is 20.5 Å². The van der Waals surface area contributed by atoms with E-state index in [0.29, 0.717) is 38.6 Å². The number of rotatable bonds is 4. The minimum absolute atomic E-state index is 0.231. The van der Waals surface area contributed by atoms with E-state index < -0.39 is 5.60 Å².